The van der Waals surface area contributed by atoms with Gasteiger partial charge >= 0.3 is 5.97 Å². The van der Waals surface area contributed by atoms with Crippen LogP contribution in [0.3, 0.4) is 0 Å². The number of aryl methyl sites for hydroxylation is 1. The first kappa shape index (κ1) is 22.7. The van der Waals surface area contributed by atoms with E-state index in [-0.39, 0.29) is 12.3 Å². The third-order valence-corrected chi connectivity index (χ3v) is 5.78. The van der Waals surface area contributed by atoms with Crippen LogP contribution in [0.4, 0.5) is 11.4 Å². The lowest BCUT2D eigenvalue weighted by molar-refractivity contribution is -0.114. The number of benzene rings is 2. The predicted molar refractivity (Wildman–Crippen MR) is 114 cm³/mol. The molecular formula is C20H23ClN2O5S. The smallest absolute Gasteiger partial charge is 0.338 e. The van der Waals surface area contributed by atoms with E-state index in [1.165, 1.54) is 6.07 Å². The van der Waals surface area contributed by atoms with Crippen LogP contribution in [0.5, 0.6) is 0 Å². The largest absolute Gasteiger partial charge is 0.462 e. The van der Waals surface area contributed by atoms with Crippen molar-refractivity contribution in [2.75, 3.05) is 29.0 Å². The normalized spacial score (nSPS) is 11.1. The van der Waals surface area contributed by atoms with Gasteiger partial charge in [0.15, 0.2) is 0 Å². The number of hydrogen-bond acceptors (Lipinski definition) is 5. The maximum Gasteiger partial charge on any atom is 0.338 e. The maximum atomic E-state index is 12.6. The molecule has 0 aliphatic rings. The zero-order valence-corrected chi connectivity index (χ0v) is 18.2. The molecular weight excluding hydrogens is 416 g/mol. The van der Waals surface area contributed by atoms with E-state index < -0.39 is 28.4 Å². The molecule has 7 nitrogen and oxygen atoms in total. The highest BCUT2D eigenvalue weighted by Gasteiger charge is 2.22. The highest BCUT2D eigenvalue weighted by molar-refractivity contribution is 7.92. The molecule has 0 heterocycles. The average molecular weight is 439 g/mol. The molecule has 0 fully saturated rings. The van der Waals surface area contributed by atoms with Gasteiger partial charge in [-0.05, 0) is 56.2 Å². The second kappa shape index (κ2) is 9.28. The fraction of sp³-hybridized carbons (Fsp3) is 0.300. The Morgan fingerprint density at radius 1 is 1.17 bits per heavy atom. The molecule has 0 unspecified atom stereocenters. The number of nitrogens with zero attached hydrogens (tertiary/aromatic N) is 1. The van der Waals surface area contributed by atoms with Crippen molar-refractivity contribution in [3.8, 4) is 0 Å². The Kier molecular flexibility index (Phi) is 7.26. The van der Waals surface area contributed by atoms with Crippen LogP contribution in [0, 0.1) is 13.8 Å². The Morgan fingerprint density at radius 3 is 2.45 bits per heavy atom. The second-order valence-electron chi connectivity index (χ2n) is 6.45. The first-order valence-electron chi connectivity index (χ1n) is 8.85. The molecule has 1 N–H and O–H groups in total. The molecule has 2 rings (SSSR count). The van der Waals surface area contributed by atoms with Gasteiger partial charge in [-0.25, -0.2) is 13.2 Å². The van der Waals surface area contributed by atoms with Crippen molar-refractivity contribution >= 4 is 44.9 Å². The van der Waals surface area contributed by atoms with Crippen LogP contribution in [0.15, 0.2) is 36.4 Å². The number of anilines is 2. The minimum absolute atomic E-state index is 0.233. The molecule has 0 atom stereocenters. The van der Waals surface area contributed by atoms with E-state index in [9.17, 15) is 18.0 Å². The number of sulfonamides is 1. The predicted octanol–water partition coefficient (Wildman–Crippen LogP) is 3.54. The Bertz CT molecular complexity index is 1040. The van der Waals surface area contributed by atoms with Crippen LogP contribution in [-0.2, 0) is 19.6 Å². The number of amides is 1. The molecule has 9 heteroatoms. The fourth-order valence-electron chi connectivity index (χ4n) is 2.66. The molecule has 1 amide bonds. The summed E-state index contributed by atoms with van der Waals surface area (Å²) in [5.74, 6) is -1.05. The van der Waals surface area contributed by atoms with Crippen LogP contribution in [0.2, 0.25) is 5.02 Å². The van der Waals surface area contributed by atoms with Gasteiger partial charge in [0.2, 0.25) is 15.9 Å². The van der Waals surface area contributed by atoms with E-state index in [2.05, 4.69) is 5.32 Å². The number of hydrogen-bond donors (Lipinski definition) is 1. The van der Waals surface area contributed by atoms with Gasteiger partial charge in [-0.1, -0.05) is 23.7 Å². The van der Waals surface area contributed by atoms with Crippen molar-refractivity contribution in [2.45, 2.75) is 20.8 Å². The van der Waals surface area contributed by atoms with Crippen LogP contribution >= 0.6 is 11.6 Å². The molecule has 2 aromatic carbocycles. The fourth-order valence-corrected chi connectivity index (χ4v) is 3.68. The van der Waals surface area contributed by atoms with E-state index >= 15 is 0 Å². The van der Waals surface area contributed by atoms with Crippen LogP contribution in [0.1, 0.15) is 28.4 Å². The van der Waals surface area contributed by atoms with Crippen molar-refractivity contribution in [1.29, 1.82) is 0 Å². The Hall–Kier alpha value is -2.58. The van der Waals surface area contributed by atoms with Gasteiger partial charge < -0.3 is 10.1 Å². The summed E-state index contributed by atoms with van der Waals surface area (Å²) in [5, 5.41) is 3.06. The average Bonchev–Trinajstić information content (AvgIpc) is 2.63. The van der Waals surface area contributed by atoms with E-state index in [4.69, 9.17) is 16.3 Å². The third kappa shape index (κ3) is 5.71. The molecule has 0 spiro atoms. The second-order valence-corrected chi connectivity index (χ2v) is 8.76. The van der Waals surface area contributed by atoms with Crippen LogP contribution < -0.4 is 9.62 Å². The van der Waals surface area contributed by atoms with E-state index in [1.807, 2.05) is 0 Å². The maximum absolute atomic E-state index is 12.6. The summed E-state index contributed by atoms with van der Waals surface area (Å²) in [6, 6.07) is 9.60. The molecule has 29 heavy (non-hydrogen) atoms. The van der Waals surface area contributed by atoms with Crippen molar-refractivity contribution in [3.05, 3.63) is 58.1 Å². The van der Waals surface area contributed by atoms with Gasteiger partial charge in [-0.15, -0.1) is 0 Å². The topological polar surface area (TPSA) is 92.8 Å². The summed E-state index contributed by atoms with van der Waals surface area (Å²) in [7, 11) is -3.73. The van der Waals surface area contributed by atoms with Gasteiger partial charge in [0, 0.05) is 10.7 Å². The van der Waals surface area contributed by atoms with Crippen molar-refractivity contribution in [3.63, 3.8) is 0 Å². The lowest BCUT2D eigenvalue weighted by Gasteiger charge is -2.22. The van der Waals surface area contributed by atoms with E-state index in [1.54, 1.807) is 51.1 Å². The number of carbonyl (C=O) groups excluding carboxylic acids is 2. The van der Waals surface area contributed by atoms with Gasteiger partial charge in [0.05, 0.1) is 24.1 Å². The number of nitrogens with one attached hydrogen (secondary N) is 1. The molecule has 0 saturated carbocycles. The lowest BCUT2D eigenvalue weighted by Crippen LogP contribution is -2.37. The molecule has 0 aliphatic heterocycles. The summed E-state index contributed by atoms with van der Waals surface area (Å²) >= 11 is 6.10. The van der Waals surface area contributed by atoms with Gasteiger partial charge in [-0.3, -0.25) is 9.10 Å². The SMILES string of the molecule is CCOC(=O)c1cccc(NC(=O)CN(c2ccc(C)c(Cl)c2)S(C)(=O)=O)c1C. The monoisotopic (exact) mass is 438 g/mol. The van der Waals surface area contributed by atoms with Crippen molar-refractivity contribution < 1.29 is 22.7 Å². The molecule has 156 valence electrons. The number of halogens is 1. The minimum Gasteiger partial charge on any atom is -0.462 e. The number of ether oxygens (including phenoxy) is 1. The summed E-state index contributed by atoms with van der Waals surface area (Å²) in [5.41, 5.74) is 2.34. The molecule has 2 aromatic rings. The quantitative estimate of drug-likeness (QED) is 0.667. The summed E-state index contributed by atoms with van der Waals surface area (Å²) in [6.45, 7) is 4.97. The summed E-state index contributed by atoms with van der Waals surface area (Å²) in [6.07, 6.45) is 1.01. The van der Waals surface area contributed by atoms with Crippen molar-refractivity contribution in [2.24, 2.45) is 0 Å². The minimum atomic E-state index is -3.73. The first-order chi connectivity index (χ1) is 13.5. The number of esters is 1. The molecule has 0 bridgehead atoms. The van der Waals surface area contributed by atoms with Gasteiger partial charge in [-0.2, -0.15) is 0 Å². The lowest BCUT2D eigenvalue weighted by atomic mass is 10.1. The first-order valence-corrected chi connectivity index (χ1v) is 11.1. The third-order valence-electron chi connectivity index (χ3n) is 4.23. The van der Waals surface area contributed by atoms with E-state index in [0.717, 1.165) is 16.1 Å². The molecule has 0 radical (unpaired) electrons. The van der Waals surface area contributed by atoms with Crippen molar-refractivity contribution in [1.82, 2.24) is 0 Å². The van der Waals surface area contributed by atoms with Crippen LogP contribution in [-0.4, -0.2) is 39.7 Å². The molecule has 0 aromatic heterocycles. The zero-order valence-electron chi connectivity index (χ0n) is 16.7. The summed E-state index contributed by atoms with van der Waals surface area (Å²) in [4.78, 5) is 24.6. The number of rotatable bonds is 7. The Morgan fingerprint density at radius 2 is 1.86 bits per heavy atom. The van der Waals surface area contributed by atoms with Gasteiger partial charge in [0.1, 0.15) is 6.54 Å². The van der Waals surface area contributed by atoms with Crippen LogP contribution in [0.25, 0.3) is 0 Å². The van der Waals surface area contributed by atoms with Gasteiger partial charge in [0.25, 0.3) is 0 Å². The summed E-state index contributed by atoms with van der Waals surface area (Å²) < 4.78 is 30.5. The van der Waals surface area contributed by atoms with E-state index in [0.29, 0.717) is 21.8 Å². The standard InChI is InChI=1S/C20H23ClN2O5S/c1-5-28-20(25)16-7-6-8-18(14(16)3)22-19(24)12-23(29(4,26)27)15-10-9-13(2)17(21)11-15/h6-11H,5,12H2,1-4H3,(H,22,24). The highest BCUT2D eigenvalue weighted by atomic mass is 35.5. The zero-order chi connectivity index (χ0) is 21.8. The highest BCUT2D eigenvalue weighted by Crippen LogP contribution is 2.25. The Balaban J connectivity index is 2.26. The number of carbonyl (C=O) groups is 2. The molecule has 0 aliphatic carbocycles. The molecule has 0 saturated heterocycles. The Labute approximate surface area is 175 Å².